The van der Waals surface area contributed by atoms with E-state index in [9.17, 15) is 9.59 Å². The Balaban J connectivity index is 1.88. The van der Waals surface area contributed by atoms with Gasteiger partial charge in [-0.15, -0.1) is 0 Å². The van der Waals surface area contributed by atoms with Gasteiger partial charge in [0.05, 0.1) is 0 Å². The van der Waals surface area contributed by atoms with Gasteiger partial charge in [-0.3, -0.25) is 9.59 Å². The Morgan fingerprint density at radius 3 is 3.05 bits per heavy atom. The number of likely N-dealkylation sites (tertiary alicyclic amines) is 1. The summed E-state index contributed by atoms with van der Waals surface area (Å²) >= 11 is 0. The molecule has 1 saturated heterocycles. The van der Waals surface area contributed by atoms with Gasteiger partial charge >= 0.3 is 0 Å². The van der Waals surface area contributed by atoms with Gasteiger partial charge in [0.25, 0.3) is 0 Å². The highest BCUT2D eigenvalue weighted by Crippen LogP contribution is 2.23. The molecule has 0 spiro atoms. The lowest BCUT2D eigenvalue weighted by atomic mass is 9.91. The summed E-state index contributed by atoms with van der Waals surface area (Å²) in [7, 11) is 0. The number of hydrogen-bond acceptors (Lipinski definition) is 4. The molecule has 0 saturated carbocycles. The van der Waals surface area contributed by atoms with Crippen molar-refractivity contribution in [3.8, 4) is 0 Å². The normalized spacial score (nSPS) is 19.2. The van der Waals surface area contributed by atoms with Crippen LogP contribution in [0.3, 0.4) is 0 Å². The predicted molar refractivity (Wildman–Crippen MR) is 73.2 cm³/mol. The number of fused-ring (bicyclic) bond motifs is 1. The van der Waals surface area contributed by atoms with Gasteiger partial charge in [0.15, 0.2) is 5.78 Å². The zero-order chi connectivity index (χ0) is 14.1. The van der Waals surface area contributed by atoms with Crippen molar-refractivity contribution in [3.63, 3.8) is 0 Å². The van der Waals surface area contributed by atoms with E-state index in [1.165, 1.54) is 6.33 Å². The molecule has 1 N–H and O–H groups in total. The van der Waals surface area contributed by atoms with E-state index in [1.54, 1.807) is 18.0 Å². The van der Waals surface area contributed by atoms with Crippen molar-refractivity contribution < 1.29 is 9.59 Å². The summed E-state index contributed by atoms with van der Waals surface area (Å²) < 4.78 is 0. The first-order valence-electron chi connectivity index (χ1n) is 6.74. The Kier molecular flexibility index (Phi) is 3.22. The second-order valence-corrected chi connectivity index (χ2v) is 5.13. The van der Waals surface area contributed by atoms with E-state index in [0.29, 0.717) is 17.9 Å². The highest BCUT2D eigenvalue weighted by atomic mass is 16.2. The lowest BCUT2D eigenvalue weighted by molar-refractivity contribution is -0.130. The molecule has 1 amide bonds. The molecule has 3 heterocycles. The van der Waals surface area contributed by atoms with Crippen molar-refractivity contribution in [2.75, 3.05) is 13.1 Å². The molecule has 1 aliphatic heterocycles. The topological polar surface area (TPSA) is 79.0 Å². The van der Waals surface area contributed by atoms with Crippen LogP contribution in [0.15, 0.2) is 18.6 Å². The van der Waals surface area contributed by atoms with Crippen molar-refractivity contribution in [2.24, 2.45) is 5.92 Å². The lowest BCUT2D eigenvalue weighted by Crippen LogP contribution is -2.41. The summed E-state index contributed by atoms with van der Waals surface area (Å²) in [6.07, 6.45) is 4.81. The third kappa shape index (κ3) is 2.17. The number of hydrogen-bond donors (Lipinski definition) is 1. The Morgan fingerprint density at radius 2 is 2.25 bits per heavy atom. The van der Waals surface area contributed by atoms with E-state index in [-0.39, 0.29) is 17.6 Å². The zero-order valence-electron chi connectivity index (χ0n) is 11.3. The molecule has 104 valence electrons. The van der Waals surface area contributed by atoms with Crippen LogP contribution < -0.4 is 0 Å². The Hall–Kier alpha value is -2.24. The highest BCUT2D eigenvalue weighted by molar-refractivity contribution is 6.06. The molecule has 0 radical (unpaired) electrons. The fraction of sp³-hybridized carbons (Fsp3) is 0.429. The van der Waals surface area contributed by atoms with Crippen LogP contribution in [0.25, 0.3) is 11.0 Å². The molecule has 1 aliphatic rings. The average molecular weight is 272 g/mol. The Morgan fingerprint density at radius 1 is 1.40 bits per heavy atom. The molecular formula is C14H16N4O2. The lowest BCUT2D eigenvalue weighted by Gasteiger charge is -2.31. The van der Waals surface area contributed by atoms with Crippen molar-refractivity contribution in [1.82, 2.24) is 19.9 Å². The number of carbonyl (C=O) groups is 2. The van der Waals surface area contributed by atoms with Crippen LogP contribution in [0.1, 0.15) is 30.3 Å². The summed E-state index contributed by atoms with van der Waals surface area (Å²) in [5.41, 5.74) is 1.12. The van der Waals surface area contributed by atoms with Gasteiger partial charge in [-0.1, -0.05) is 0 Å². The number of aromatic amines is 1. The molecule has 1 atom stereocenters. The van der Waals surface area contributed by atoms with Crippen LogP contribution in [0.2, 0.25) is 0 Å². The fourth-order valence-electron chi connectivity index (χ4n) is 2.74. The van der Waals surface area contributed by atoms with E-state index in [2.05, 4.69) is 15.0 Å². The van der Waals surface area contributed by atoms with Gasteiger partial charge in [-0.2, -0.15) is 0 Å². The smallest absolute Gasteiger partial charge is 0.219 e. The molecule has 0 bridgehead atoms. The third-order valence-corrected chi connectivity index (χ3v) is 3.82. The van der Waals surface area contributed by atoms with Crippen molar-refractivity contribution in [1.29, 1.82) is 0 Å². The van der Waals surface area contributed by atoms with Gasteiger partial charge in [-0.05, 0) is 18.9 Å². The Labute approximate surface area is 116 Å². The van der Waals surface area contributed by atoms with E-state index in [4.69, 9.17) is 0 Å². The molecule has 6 heteroatoms. The van der Waals surface area contributed by atoms with E-state index in [0.717, 1.165) is 24.8 Å². The molecular weight excluding hydrogens is 256 g/mol. The second-order valence-electron chi connectivity index (χ2n) is 5.13. The monoisotopic (exact) mass is 272 g/mol. The molecule has 3 rings (SSSR count). The van der Waals surface area contributed by atoms with Gasteiger partial charge in [0.1, 0.15) is 17.7 Å². The Bertz CT molecular complexity index is 664. The van der Waals surface area contributed by atoms with Crippen LogP contribution >= 0.6 is 0 Å². The largest absolute Gasteiger partial charge is 0.346 e. The van der Waals surface area contributed by atoms with E-state index in [1.807, 2.05) is 6.07 Å². The van der Waals surface area contributed by atoms with Crippen LogP contribution in [0, 0.1) is 5.92 Å². The van der Waals surface area contributed by atoms with Crippen LogP contribution in [0.4, 0.5) is 0 Å². The summed E-state index contributed by atoms with van der Waals surface area (Å²) in [4.78, 5) is 37.0. The first-order valence-corrected chi connectivity index (χ1v) is 6.74. The molecule has 1 unspecified atom stereocenters. The summed E-state index contributed by atoms with van der Waals surface area (Å²) in [6.45, 7) is 2.77. The number of aromatic nitrogens is 3. The number of rotatable bonds is 2. The SMILES string of the molecule is CC(=O)N1CCCC(C(=O)c2ncnc3[nH]ccc23)C1. The molecule has 0 aromatic carbocycles. The predicted octanol–water partition coefficient (Wildman–Crippen LogP) is 1.40. The van der Waals surface area contributed by atoms with Gasteiger partial charge < -0.3 is 9.88 Å². The highest BCUT2D eigenvalue weighted by Gasteiger charge is 2.29. The summed E-state index contributed by atoms with van der Waals surface area (Å²) in [6, 6.07) is 1.81. The molecule has 2 aromatic heterocycles. The molecule has 2 aromatic rings. The maximum atomic E-state index is 12.6. The van der Waals surface area contributed by atoms with Crippen molar-refractivity contribution >= 4 is 22.7 Å². The number of nitrogens with zero attached hydrogens (tertiary/aromatic N) is 3. The van der Waals surface area contributed by atoms with Crippen molar-refractivity contribution in [3.05, 3.63) is 24.3 Å². The van der Waals surface area contributed by atoms with Gasteiger partial charge in [0.2, 0.25) is 5.91 Å². The minimum Gasteiger partial charge on any atom is -0.346 e. The second kappa shape index (κ2) is 5.03. The summed E-state index contributed by atoms with van der Waals surface area (Å²) in [5, 5.41) is 0.748. The van der Waals surface area contributed by atoms with Crippen LogP contribution in [0.5, 0.6) is 0 Å². The number of Topliss-reactive ketones (excluding diaryl/α,β-unsaturated/α-hetero) is 1. The number of amides is 1. The molecule has 6 nitrogen and oxygen atoms in total. The maximum absolute atomic E-state index is 12.6. The standard InChI is InChI=1S/C14H16N4O2/c1-9(19)18-6-2-3-10(7-18)13(20)12-11-4-5-15-14(11)17-8-16-12/h4-5,8,10H,2-3,6-7H2,1H3,(H,15,16,17). The molecule has 1 fully saturated rings. The number of carbonyl (C=O) groups excluding carboxylic acids is 2. The number of piperidine rings is 1. The molecule has 0 aliphatic carbocycles. The minimum absolute atomic E-state index is 0.00273. The number of nitrogens with one attached hydrogen (secondary N) is 1. The number of H-pyrrole nitrogens is 1. The third-order valence-electron chi connectivity index (χ3n) is 3.82. The minimum atomic E-state index is -0.166. The van der Waals surface area contributed by atoms with Crippen molar-refractivity contribution in [2.45, 2.75) is 19.8 Å². The van der Waals surface area contributed by atoms with E-state index >= 15 is 0 Å². The quantitative estimate of drug-likeness (QED) is 0.838. The zero-order valence-corrected chi connectivity index (χ0v) is 11.3. The maximum Gasteiger partial charge on any atom is 0.219 e. The van der Waals surface area contributed by atoms with Crippen LogP contribution in [-0.2, 0) is 4.79 Å². The van der Waals surface area contributed by atoms with E-state index < -0.39 is 0 Å². The first-order chi connectivity index (χ1) is 9.66. The van der Waals surface area contributed by atoms with Crippen LogP contribution in [-0.4, -0.2) is 44.6 Å². The average Bonchev–Trinajstić information content (AvgIpc) is 2.95. The summed E-state index contributed by atoms with van der Waals surface area (Å²) in [5.74, 6) is -0.138. The first kappa shape index (κ1) is 12.8. The fourth-order valence-corrected chi connectivity index (χ4v) is 2.74. The number of ketones is 1. The van der Waals surface area contributed by atoms with Gasteiger partial charge in [-0.25, -0.2) is 9.97 Å². The molecule has 20 heavy (non-hydrogen) atoms. The van der Waals surface area contributed by atoms with Gasteiger partial charge in [0, 0.05) is 37.5 Å².